The maximum atomic E-state index is 11.1. The zero-order chi connectivity index (χ0) is 11.1. The first-order valence-corrected chi connectivity index (χ1v) is 4.32. The van der Waals surface area contributed by atoms with Gasteiger partial charge in [-0.25, -0.2) is 4.79 Å². The zero-order valence-electron chi connectivity index (χ0n) is 8.40. The molecule has 78 valence electrons. The molecule has 0 unspecified atom stereocenters. The fourth-order valence-electron chi connectivity index (χ4n) is 0.963. The Kier molecular flexibility index (Phi) is 4.32. The predicted molar refractivity (Wildman–Crippen MR) is 54.1 cm³/mol. The van der Waals surface area contributed by atoms with Gasteiger partial charge in [-0.05, 0) is 12.1 Å². The molecule has 0 saturated heterocycles. The second kappa shape index (κ2) is 5.78. The highest BCUT2D eigenvalue weighted by Crippen LogP contribution is 2.02. The van der Waals surface area contributed by atoms with Crippen molar-refractivity contribution in [3.8, 4) is 12.3 Å². The molecule has 0 aliphatic heterocycles. The van der Waals surface area contributed by atoms with E-state index in [1.807, 2.05) is 0 Å². The normalized spacial score (nSPS) is 9.33. The standard InChI is InChI=1S/C11H11NO3/c1-3-6-15-8-10-5-4-9(7-12-10)11(13)14-2/h1,4-5,7H,6,8H2,2H3. The largest absolute Gasteiger partial charge is 0.465 e. The summed E-state index contributed by atoms with van der Waals surface area (Å²) in [6.07, 6.45) is 6.46. The molecule has 0 saturated carbocycles. The summed E-state index contributed by atoms with van der Waals surface area (Å²) >= 11 is 0. The molecular weight excluding hydrogens is 194 g/mol. The van der Waals surface area contributed by atoms with Gasteiger partial charge in [-0.1, -0.05) is 5.92 Å². The molecule has 0 radical (unpaired) electrons. The summed E-state index contributed by atoms with van der Waals surface area (Å²) in [7, 11) is 1.33. The smallest absolute Gasteiger partial charge is 0.339 e. The van der Waals surface area contributed by atoms with Crippen molar-refractivity contribution < 1.29 is 14.3 Å². The summed E-state index contributed by atoms with van der Waals surface area (Å²) in [5, 5.41) is 0. The molecule has 0 fully saturated rings. The van der Waals surface area contributed by atoms with Gasteiger partial charge in [0.05, 0.1) is 25.0 Å². The molecule has 0 amide bonds. The van der Waals surface area contributed by atoms with Crippen LogP contribution in [0.1, 0.15) is 16.1 Å². The van der Waals surface area contributed by atoms with E-state index < -0.39 is 5.97 Å². The maximum Gasteiger partial charge on any atom is 0.339 e. The summed E-state index contributed by atoms with van der Waals surface area (Å²) in [4.78, 5) is 15.1. The third kappa shape index (κ3) is 3.41. The van der Waals surface area contributed by atoms with E-state index in [1.54, 1.807) is 12.1 Å². The summed E-state index contributed by atoms with van der Waals surface area (Å²) in [5.41, 5.74) is 1.14. The van der Waals surface area contributed by atoms with Crippen LogP contribution in [0.15, 0.2) is 18.3 Å². The summed E-state index contributed by atoms with van der Waals surface area (Å²) < 4.78 is 9.62. The predicted octanol–water partition coefficient (Wildman–Crippen LogP) is 1.02. The van der Waals surface area contributed by atoms with Gasteiger partial charge in [-0.15, -0.1) is 6.42 Å². The molecule has 0 aliphatic carbocycles. The fourth-order valence-corrected chi connectivity index (χ4v) is 0.963. The molecule has 0 atom stereocenters. The van der Waals surface area contributed by atoms with Gasteiger partial charge in [0.1, 0.15) is 6.61 Å². The monoisotopic (exact) mass is 205 g/mol. The van der Waals surface area contributed by atoms with Crippen LogP contribution in [0, 0.1) is 12.3 Å². The molecule has 0 N–H and O–H groups in total. The molecule has 4 nitrogen and oxygen atoms in total. The lowest BCUT2D eigenvalue weighted by atomic mass is 10.2. The number of carbonyl (C=O) groups is 1. The van der Waals surface area contributed by atoms with Crippen molar-refractivity contribution >= 4 is 5.97 Å². The lowest BCUT2D eigenvalue weighted by Crippen LogP contribution is -2.03. The van der Waals surface area contributed by atoms with E-state index in [9.17, 15) is 4.79 Å². The third-order valence-corrected chi connectivity index (χ3v) is 1.68. The number of methoxy groups -OCH3 is 1. The number of rotatable bonds is 4. The van der Waals surface area contributed by atoms with Gasteiger partial charge in [0, 0.05) is 6.20 Å². The van der Waals surface area contributed by atoms with Crippen molar-refractivity contribution in [3.05, 3.63) is 29.6 Å². The molecule has 0 aliphatic rings. The molecule has 4 heteroatoms. The third-order valence-electron chi connectivity index (χ3n) is 1.68. The molecule has 0 spiro atoms. The number of esters is 1. The van der Waals surface area contributed by atoms with Crippen molar-refractivity contribution in [2.75, 3.05) is 13.7 Å². The van der Waals surface area contributed by atoms with Crippen molar-refractivity contribution in [1.82, 2.24) is 4.98 Å². The number of carbonyl (C=O) groups excluding carboxylic acids is 1. The summed E-state index contributed by atoms with van der Waals surface area (Å²) in [6.45, 7) is 0.589. The van der Waals surface area contributed by atoms with Gasteiger partial charge >= 0.3 is 5.97 Å². The number of terminal acetylenes is 1. The van der Waals surface area contributed by atoms with Crippen LogP contribution in [0.25, 0.3) is 0 Å². The van der Waals surface area contributed by atoms with Crippen LogP contribution in [-0.2, 0) is 16.1 Å². The Morgan fingerprint density at radius 3 is 2.93 bits per heavy atom. The first-order chi connectivity index (χ1) is 7.27. The Balaban J connectivity index is 2.57. The number of hydrogen-bond donors (Lipinski definition) is 0. The van der Waals surface area contributed by atoms with E-state index in [1.165, 1.54) is 13.3 Å². The average molecular weight is 205 g/mol. The molecular formula is C11H11NO3. The SMILES string of the molecule is C#CCOCc1ccc(C(=O)OC)cn1. The molecule has 1 heterocycles. The molecule has 15 heavy (non-hydrogen) atoms. The summed E-state index contributed by atoms with van der Waals surface area (Å²) in [6, 6.07) is 3.33. The second-order valence-electron chi connectivity index (χ2n) is 2.73. The van der Waals surface area contributed by atoms with Crippen LogP contribution >= 0.6 is 0 Å². The number of pyridine rings is 1. The average Bonchev–Trinajstić information content (AvgIpc) is 2.29. The van der Waals surface area contributed by atoms with Gasteiger partial charge in [0.25, 0.3) is 0 Å². The molecule has 1 aromatic heterocycles. The Morgan fingerprint density at radius 2 is 2.40 bits per heavy atom. The minimum atomic E-state index is -0.404. The zero-order valence-corrected chi connectivity index (χ0v) is 8.40. The Labute approximate surface area is 88.2 Å². The van der Waals surface area contributed by atoms with Gasteiger partial charge < -0.3 is 9.47 Å². The van der Waals surface area contributed by atoms with Crippen LogP contribution in [0.2, 0.25) is 0 Å². The van der Waals surface area contributed by atoms with Crippen molar-refractivity contribution in [2.45, 2.75) is 6.61 Å². The lowest BCUT2D eigenvalue weighted by molar-refractivity contribution is 0.0600. The second-order valence-corrected chi connectivity index (χ2v) is 2.73. The van der Waals surface area contributed by atoms with Gasteiger partial charge in [-0.2, -0.15) is 0 Å². The molecule has 1 rings (SSSR count). The van der Waals surface area contributed by atoms with E-state index in [-0.39, 0.29) is 6.61 Å². The first-order valence-electron chi connectivity index (χ1n) is 4.32. The van der Waals surface area contributed by atoms with Crippen LogP contribution in [0.5, 0.6) is 0 Å². The van der Waals surface area contributed by atoms with E-state index in [0.29, 0.717) is 12.2 Å². The van der Waals surface area contributed by atoms with Gasteiger partial charge in [0.2, 0.25) is 0 Å². The fraction of sp³-hybridized carbons (Fsp3) is 0.273. The first kappa shape index (κ1) is 11.2. The van der Waals surface area contributed by atoms with E-state index in [4.69, 9.17) is 11.2 Å². The Bertz CT molecular complexity index is 364. The number of aromatic nitrogens is 1. The minimum Gasteiger partial charge on any atom is -0.465 e. The Morgan fingerprint density at radius 1 is 1.60 bits per heavy atom. The summed E-state index contributed by atoms with van der Waals surface area (Å²) in [5.74, 6) is 1.95. The van der Waals surface area contributed by atoms with E-state index >= 15 is 0 Å². The van der Waals surface area contributed by atoms with Gasteiger partial charge in [-0.3, -0.25) is 4.98 Å². The quantitative estimate of drug-likeness (QED) is 0.418. The highest BCUT2D eigenvalue weighted by Gasteiger charge is 2.04. The van der Waals surface area contributed by atoms with Gasteiger partial charge in [0.15, 0.2) is 0 Å². The lowest BCUT2D eigenvalue weighted by Gasteiger charge is -2.01. The van der Waals surface area contributed by atoms with Crippen molar-refractivity contribution in [1.29, 1.82) is 0 Å². The highest BCUT2D eigenvalue weighted by atomic mass is 16.5. The van der Waals surface area contributed by atoms with Crippen LogP contribution in [0.3, 0.4) is 0 Å². The minimum absolute atomic E-state index is 0.250. The van der Waals surface area contributed by atoms with Crippen molar-refractivity contribution in [3.63, 3.8) is 0 Å². The van der Waals surface area contributed by atoms with Crippen LogP contribution in [-0.4, -0.2) is 24.7 Å². The number of ether oxygens (including phenoxy) is 2. The highest BCUT2D eigenvalue weighted by molar-refractivity contribution is 5.88. The van der Waals surface area contributed by atoms with Crippen LogP contribution < -0.4 is 0 Å². The molecule has 0 bridgehead atoms. The van der Waals surface area contributed by atoms with E-state index in [0.717, 1.165) is 5.69 Å². The number of nitrogens with zero attached hydrogens (tertiary/aromatic N) is 1. The van der Waals surface area contributed by atoms with E-state index in [2.05, 4.69) is 15.6 Å². The van der Waals surface area contributed by atoms with Crippen molar-refractivity contribution in [2.24, 2.45) is 0 Å². The number of hydrogen-bond acceptors (Lipinski definition) is 4. The maximum absolute atomic E-state index is 11.1. The molecule has 0 aromatic carbocycles. The van der Waals surface area contributed by atoms with Crippen LogP contribution in [0.4, 0.5) is 0 Å². The molecule has 1 aromatic rings. The Hall–Kier alpha value is -1.86. The topological polar surface area (TPSA) is 48.4 Å².